The molecule has 2 unspecified atom stereocenters. The maximum atomic E-state index is 14.5. The zero-order valence-corrected chi connectivity index (χ0v) is 24.7. The summed E-state index contributed by atoms with van der Waals surface area (Å²) in [5, 5.41) is 2.81. The highest BCUT2D eigenvalue weighted by atomic mass is 19.1. The minimum atomic E-state index is -0.500. The lowest BCUT2D eigenvalue weighted by atomic mass is 10.0. The molecule has 1 aliphatic rings. The van der Waals surface area contributed by atoms with Crippen molar-refractivity contribution in [3.8, 4) is 0 Å². The van der Waals surface area contributed by atoms with Crippen LogP contribution in [0.5, 0.6) is 0 Å². The quantitative estimate of drug-likeness (QED) is 0.329. The molecule has 1 fully saturated rings. The molecule has 3 aromatic heterocycles. The van der Waals surface area contributed by atoms with Gasteiger partial charge in [0.1, 0.15) is 11.0 Å². The van der Waals surface area contributed by atoms with Crippen LogP contribution in [0.15, 0.2) is 43.0 Å². The first-order valence-electron chi connectivity index (χ1n) is 13.9. The van der Waals surface area contributed by atoms with Gasteiger partial charge in [-0.05, 0) is 46.8 Å². The van der Waals surface area contributed by atoms with Crippen LogP contribution in [0.25, 0.3) is 16.7 Å². The highest BCUT2D eigenvalue weighted by Crippen LogP contribution is 2.31. The summed E-state index contributed by atoms with van der Waals surface area (Å²) in [7, 11) is 0. The maximum absolute atomic E-state index is 14.5. The van der Waals surface area contributed by atoms with Crippen molar-refractivity contribution in [1.82, 2.24) is 24.3 Å². The van der Waals surface area contributed by atoms with Crippen LogP contribution >= 0.6 is 0 Å². The highest BCUT2D eigenvalue weighted by molar-refractivity contribution is 6.13. The van der Waals surface area contributed by atoms with Gasteiger partial charge in [0.2, 0.25) is 0 Å². The smallest absolute Gasteiger partial charge is 0.257 e. The summed E-state index contributed by atoms with van der Waals surface area (Å²) in [5.41, 5.74) is 3.82. The van der Waals surface area contributed by atoms with Gasteiger partial charge in [-0.2, -0.15) is 0 Å². The topological polar surface area (TPSA) is 78.7 Å². The van der Waals surface area contributed by atoms with Gasteiger partial charge in [-0.3, -0.25) is 19.7 Å². The van der Waals surface area contributed by atoms with E-state index >= 15 is 0 Å². The molecular formula is C30H42FN7O. The Bertz CT molecular complexity index is 1410. The average molecular weight is 536 g/mol. The van der Waals surface area contributed by atoms with E-state index in [1.807, 2.05) is 33.8 Å². The summed E-state index contributed by atoms with van der Waals surface area (Å²) in [4.78, 5) is 31.4. The Kier molecular flexibility index (Phi) is 9.97. The van der Waals surface area contributed by atoms with Crippen molar-refractivity contribution in [3.63, 3.8) is 0 Å². The number of rotatable bonds is 4. The number of pyridine rings is 1. The third-order valence-electron chi connectivity index (χ3n) is 6.66. The Morgan fingerprint density at radius 2 is 1.62 bits per heavy atom. The first-order valence-corrected chi connectivity index (χ1v) is 13.9. The summed E-state index contributed by atoms with van der Waals surface area (Å²) in [6, 6.07) is 6.23. The predicted octanol–water partition coefficient (Wildman–Crippen LogP) is 6.34. The number of aromatic nitrogens is 4. The second-order valence-electron chi connectivity index (χ2n) is 9.67. The van der Waals surface area contributed by atoms with E-state index in [1.165, 1.54) is 6.07 Å². The molecule has 0 bridgehead atoms. The third-order valence-corrected chi connectivity index (χ3v) is 6.66. The van der Waals surface area contributed by atoms with E-state index in [0.29, 0.717) is 46.1 Å². The fourth-order valence-electron chi connectivity index (χ4n) is 5.48. The van der Waals surface area contributed by atoms with Crippen molar-refractivity contribution in [2.75, 3.05) is 23.3 Å². The van der Waals surface area contributed by atoms with Crippen LogP contribution in [0, 0.1) is 12.7 Å². The number of nitrogens with zero attached hydrogens (tertiary/aromatic N) is 6. The second kappa shape index (κ2) is 13.0. The number of aryl methyl sites for hydroxylation is 1. The number of piperazine rings is 1. The number of hydrogen-bond donors (Lipinski definition) is 1. The zero-order chi connectivity index (χ0) is 28.9. The number of halogens is 1. The molecule has 1 amide bonds. The molecule has 9 heteroatoms. The van der Waals surface area contributed by atoms with Crippen molar-refractivity contribution in [2.24, 2.45) is 0 Å². The van der Waals surface area contributed by atoms with Gasteiger partial charge < -0.3 is 14.6 Å². The minimum absolute atomic E-state index is 0.224. The van der Waals surface area contributed by atoms with Crippen molar-refractivity contribution in [2.45, 2.75) is 80.4 Å². The van der Waals surface area contributed by atoms with Gasteiger partial charge in [0.05, 0.1) is 22.6 Å². The van der Waals surface area contributed by atoms with Crippen LogP contribution in [0.3, 0.4) is 0 Å². The molecule has 2 atom stereocenters. The molecule has 210 valence electrons. The van der Waals surface area contributed by atoms with Crippen LogP contribution in [0.1, 0.15) is 71.4 Å². The number of fused-ring (bicyclic) bond motifs is 2. The fourth-order valence-corrected chi connectivity index (χ4v) is 5.48. The Morgan fingerprint density at radius 3 is 2.23 bits per heavy atom. The molecule has 1 aliphatic heterocycles. The molecule has 1 saturated heterocycles. The Labute approximate surface area is 231 Å². The largest absolute Gasteiger partial charge is 0.367 e. The lowest BCUT2D eigenvalue weighted by molar-refractivity contribution is 0.0954. The van der Waals surface area contributed by atoms with E-state index in [4.69, 9.17) is 0 Å². The molecule has 1 aromatic carbocycles. The number of carbonyl (C=O) groups excluding carboxylic acids is 1. The molecule has 5 rings (SSSR count). The minimum Gasteiger partial charge on any atom is -0.367 e. The number of benzene rings is 1. The molecule has 8 nitrogen and oxygen atoms in total. The standard InChI is InChI=1S/C26H30FN7O.2C2H6/c1-15(2)34-17(4)12-32(13-18(34)5)22-7-6-20(23-24(22)29-9-8-28-23)26(35)31-19-10-21(27)25-30-16(3)11-33(25)14-19;2*1-2/h6-11,14-15,17-18H,12-13H2,1-5H3,(H,31,35);2*1-2H3. The monoisotopic (exact) mass is 535 g/mol. The van der Waals surface area contributed by atoms with Crippen molar-refractivity contribution < 1.29 is 9.18 Å². The molecule has 39 heavy (non-hydrogen) atoms. The van der Waals surface area contributed by atoms with Gasteiger partial charge in [-0.15, -0.1) is 0 Å². The summed E-state index contributed by atoms with van der Waals surface area (Å²) in [5.74, 6) is -0.872. The van der Waals surface area contributed by atoms with Crippen LogP contribution < -0.4 is 10.2 Å². The normalized spacial score (nSPS) is 17.5. The van der Waals surface area contributed by atoms with E-state index in [2.05, 4.69) is 57.8 Å². The van der Waals surface area contributed by atoms with E-state index in [-0.39, 0.29) is 11.6 Å². The van der Waals surface area contributed by atoms with Crippen LogP contribution in [0.4, 0.5) is 15.8 Å². The number of nitrogens with one attached hydrogen (secondary N) is 1. The van der Waals surface area contributed by atoms with E-state index in [0.717, 1.165) is 18.8 Å². The van der Waals surface area contributed by atoms with Gasteiger partial charge in [0.25, 0.3) is 5.91 Å². The molecule has 4 aromatic rings. The summed E-state index contributed by atoms with van der Waals surface area (Å²) in [6.07, 6.45) is 6.60. The molecule has 0 aliphatic carbocycles. The van der Waals surface area contributed by atoms with Gasteiger partial charge in [-0.25, -0.2) is 9.37 Å². The summed E-state index contributed by atoms with van der Waals surface area (Å²) < 4.78 is 16.1. The fraction of sp³-hybridized carbons (Fsp3) is 0.467. The number of carbonyl (C=O) groups is 1. The second-order valence-corrected chi connectivity index (χ2v) is 9.67. The number of amides is 1. The third kappa shape index (κ3) is 6.19. The van der Waals surface area contributed by atoms with Gasteiger partial charge >= 0.3 is 0 Å². The van der Waals surface area contributed by atoms with Crippen molar-refractivity contribution in [1.29, 1.82) is 0 Å². The molecule has 0 radical (unpaired) electrons. The van der Waals surface area contributed by atoms with E-state index in [9.17, 15) is 9.18 Å². The lowest BCUT2D eigenvalue weighted by Gasteiger charge is -2.47. The van der Waals surface area contributed by atoms with Crippen LogP contribution in [-0.4, -0.2) is 61.4 Å². The molecule has 0 spiro atoms. The maximum Gasteiger partial charge on any atom is 0.257 e. The van der Waals surface area contributed by atoms with Crippen LogP contribution in [0.2, 0.25) is 0 Å². The molecule has 0 saturated carbocycles. The van der Waals surface area contributed by atoms with Gasteiger partial charge in [0.15, 0.2) is 11.5 Å². The average Bonchev–Trinajstić information content (AvgIpc) is 3.30. The number of anilines is 2. The Balaban J connectivity index is 0.00000100. The SMILES string of the molecule is CC.CC.Cc1cn2cc(NC(=O)c3ccc(N4CC(C)N(C(C)C)C(C)C4)c4nccnc34)cc(F)c2n1. The molecular weight excluding hydrogens is 493 g/mol. The highest BCUT2D eigenvalue weighted by Gasteiger charge is 2.32. The van der Waals surface area contributed by atoms with Crippen molar-refractivity contribution >= 4 is 34.0 Å². The van der Waals surface area contributed by atoms with Crippen LogP contribution in [-0.2, 0) is 0 Å². The first-order chi connectivity index (χ1) is 18.7. The van der Waals surface area contributed by atoms with Gasteiger partial charge in [0, 0.05) is 62.1 Å². The molecule has 1 N–H and O–H groups in total. The first kappa shape index (κ1) is 30.0. The van der Waals surface area contributed by atoms with Crippen molar-refractivity contribution in [3.05, 3.63) is 60.1 Å². The number of imidazole rings is 1. The van der Waals surface area contributed by atoms with E-state index in [1.54, 1.807) is 42.2 Å². The zero-order valence-electron chi connectivity index (χ0n) is 24.7. The molecule has 4 heterocycles. The summed E-state index contributed by atoms with van der Waals surface area (Å²) >= 11 is 0. The summed E-state index contributed by atoms with van der Waals surface area (Å²) in [6.45, 7) is 20.5. The number of hydrogen-bond acceptors (Lipinski definition) is 6. The predicted molar refractivity (Wildman–Crippen MR) is 158 cm³/mol. The Morgan fingerprint density at radius 1 is 1.00 bits per heavy atom. The Hall–Kier alpha value is -3.59. The van der Waals surface area contributed by atoms with Gasteiger partial charge in [-0.1, -0.05) is 27.7 Å². The van der Waals surface area contributed by atoms with E-state index < -0.39 is 5.82 Å². The lowest BCUT2D eigenvalue weighted by Crippen LogP contribution is -2.59.